The van der Waals surface area contributed by atoms with E-state index in [-0.39, 0.29) is 6.42 Å². The van der Waals surface area contributed by atoms with E-state index in [1.54, 1.807) is 0 Å². The van der Waals surface area contributed by atoms with Crippen LogP contribution in [0.5, 0.6) is 0 Å². The summed E-state index contributed by atoms with van der Waals surface area (Å²) in [6.07, 6.45) is 0.434. The van der Waals surface area contributed by atoms with Crippen molar-refractivity contribution in [1.29, 1.82) is 0 Å². The van der Waals surface area contributed by atoms with E-state index >= 15 is 0 Å². The molecule has 2 unspecified atom stereocenters. The van der Waals surface area contributed by atoms with Crippen LogP contribution in [-0.2, 0) is 23.8 Å². The predicted octanol–water partition coefficient (Wildman–Crippen LogP) is 3.99. The summed E-state index contributed by atoms with van der Waals surface area (Å²) >= 11 is 0. The molecule has 1 fully saturated rings. The number of halogens is 3. The molecule has 1 aromatic heterocycles. The van der Waals surface area contributed by atoms with E-state index in [4.69, 9.17) is 4.98 Å². The number of pyridine rings is 1. The minimum absolute atomic E-state index is 0.111. The van der Waals surface area contributed by atoms with Gasteiger partial charge in [0.1, 0.15) is 11.9 Å². The molecule has 1 aromatic carbocycles. The second-order valence-electron chi connectivity index (χ2n) is 9.53. The van der Waals surface area contributed by atoms with E-state index in [1.807, 2.05) is 0 Å². The maximum absolute atomic E-state index is 13.2. The highest BCUT2D eigenvalue weighted by Gasteiger charge is 2.35. The summed E-state index contributed by atoms with van der Waals surface area (Å²) in [4.78, 5) is 31.1. The second kappa shape index (κ2) is 11.3. The standard InChI is InChI=1S/C26H31F3N4O3/c27-26(28,29)21-6-2-1-5-20(21)24(34)32-22(25(35)36)12-15-33-14-11-17(16-33)7-9-19-10-8-18-4-3-13-30-23(18)31-19/h1-2,5-6,8,10,17,22H,3-4,7,9,11-16H2,(H,30,31)(H,32,34)(H,35,36). The zero-order chi connectivity index (χ0) is 25.7. The molecule has 1 amide bonds. The number of hydrogen-bond donors (Lipinski definition) is 3. The summed E-state index contributed by atoms with van der Waals surface area (Å²) in [6.45, 7) is 3.03. The number of carboxylic acid groups (broad SMARTS) is 1. The summed E-state index contributed by atoms with van der Waals surface area (Å²) in [5.41, 5.74) is 0.662. The Morgan fingerprint density at radius 2 is 2.03 bits per heavy atom. The first-order chi connectivity index (χ1) is 17.2. The van der Waals surface area contributed by atoms with Gasteiger partial charge in [-0.25, -0.2) is 9.78 Å². The molecule has 1 saturated heterocycles. The fourth-order valence-corrected chi connectivity index (χ4v) is 4.95. The number of nitrogens with zero attached hydrogens (tertiary/aromatic N) is 2. The predicted molar refractivity (Wildman–Crippen MR) is 129 cm³/mol. The van der Waals surface area contributed by atoms with Crippen molar-refractivity contribution < 1.29 is 27.9 Å². The van der Waals surface area contributed by atoms with Crippen LogP contribution in [0.25, 0.3) is 0 Å². The fraction of sp³-hybridized carbons (Fsp3) is 0.500. The van der Waals surface area contributed by atoms with Crippen LogP contribution in [0.3, 0.4) is 0 Å². The van der Waals surface area contributed by atoms with E-state index in [1.165, 1.54) is 17.7 Å². The first kappa shape index (κ1) is 25.9. The van der Waals surface area contributed by atoms with Crippen LogP contribution in [0.4, 0.5) is 19.0 Å². The highest BCUT2D eigenvalue weighted by atomic mass is 19.4. The average Bonchev–Trinajstić information content (AvgIpc) is 3.32. The SMILES string of the molecule is O=C(NC(CCN1CCC(CCc2ccc3c(n2)NCCC3)C1)C(=O)O)c1ccccc1C(F)(F)F. The number of aryl methyl sites for hydroxylation is 2. The number of aromatic nitrogens is 1. The minimum Gasteiger partial charge on any atom is -0.480 e. The second-order valence-corrected chi connectivity index (χ2v) is 9.53. The number of rotatable bonds is 9. The van der Waals surface area contributed by atoms with E-state index in [2.05, 4.69) is 27.7 Å². The Morgan fingerprint density at radius 3 is 2.81 bits per heavy atom. The van der Waals surface area contributed by atoms with Gasteiger partial charge in [-0.15, -0.1) is 0 Å². The van der Waals surface area contributed by atoms with Gasteiger partial charge in [0.05, 0.1) is 11.1 Å². The van der Waals surface area contributed by atoms with Gasteiger partial charge in [0.15, 0.2) is 0 Å². The van der Waals surface area contributed by atoms with Gasteiger partial charge < -0.3 is 20.6 Å². The largest absolute Gasteiger partial charge is 0.480 e. The maximum atomic E-state index is 13.2. The van der Waals surface area contributed by atoms with E-state index < -0.39 is 35.2 Å². The number of amides is 1. The normalized spacial score (nSPS) is 18.8. The van der Waals surface area contributed by atoms with E-state index in [0.717, 1.165) is 75.4 Å². The fourth-order valence-electron chi connectivity index (χ4n) is 4.95. The summed E-state index contributed by atoms with van der Waals surface area (Å²) in [6, 6.07) is 7.34. The molecule has 0 bridgehead atoms. The topological polar surface area (TPSA) is 94.6 Å². The number of carbonyl (C=O) groups excluding carboxylic acids is 1. The molecular formula is C26H31F3N4O3. The number of aliphatic carboxylic acids is 1. The molecule has 7 nitrogen and oxygen atoms in total. The van der Waals surface area contributed by atoms with Crippen LogP contribution < -0.4 is 10.6 Å². The molecule has 3 heterocycles. The van der Waals surface area contributed by atoms with Crippen LogP contribution in [-0.4, -0.2) is 59.1 Å². The van der Waals surface area contributed by atoms with Gasteiger partial charge in [0, 0.05) is 25.3 Å². The van der Waals surface area contributed by atoms with Crippen molar-refractivity contribution in [3.63, 3.8) is 0 Å². The van der Waals surface area contributed by atoms with Crippen molar-refractivity contribution in [3.8, 4) is 0 Å². The van der Waals surface area contributed by atoms with Crippen LogP contribution in [0, 0.1) is 5.92 Å². The summed E-state index contributed by atoms with van der Waals surface area (Å²) in [5, 5.41) is 15.2. The Kier molecular flexibility index (Phi) is 8.13. The van der Waals surface area contributed by atoms with Gasteiger partial charge in [-0.2, -0.15) is 13.2 Å². The molecule has 2 aliphatic heterocycles. The molecule has 2 atom stereocenters. The van der Waals surface area contributed by atoms with Crippen molar-refractivity contribution in [3.05, 3.63) is 58.8 Å². The van der Waals surface area contributed by atoms with Crippen molar-refractivity contribution in [2.75, 3.05) is 31.5 Å². The quantitative estimate of drug-likeness (QED) is 0.478. The van der Waals surface area contributed by atoms with Gasteiger partial charge in [-0.1, -0.05) is 18.2 Å². The molecule has 0 spiro atoms. The Hall–Kier alpha value is -3.14. The lowest BCUT2D eigenvalue weighted by Crippen LogP contribution is -2.43. The molecule has 4 rings (SSSR count). The Balaban J connectivity index is 1.26. The van der Waals surface area contributed by atoms with Crippen molar-refractivity contribution >= 4 is 17.7 Å². The van der Waals surface area contributed by atoms with Gasteiger partial charge in [-0.3, -0.25) is 4.79 Å². The molecule has 10 heteroatoms. The van der Waals surface area contributed by atoms with Crippen molar-refractivity contribution in [2.24, 2.45) is 5.92 Å². The first-order valence-electron chi connectivity index (χ1n) is 12.4. The Labute approximate surface area is 208 Å². The highest BCUT2D eigenvalue weighted by molar-refractivity contribution is 5.98. The number of carbonyl (C=O) groups is 2. The van der Waals surface area contributed by atoms with Gasteiger partial charge in [-0.05, 0) is 74.8 Å². The molecule has 3 N–H and O–H groups in total. The molecule has 2 aliphatic rings. The molecule has 0 aliphatic carbocycles. The molecular weight excluding hydrogens is 473 g/mol. The first-order valence-corrected chi connectivity index (χ1v) is 12.4. The van der Waals surface area contributed by atoms with Crippen LogP contribution in [0.15, 0.2) is 36.4 Å². The maximum Gasteiger partial charge on any atom is 0.417 e. The lowest BCUT2D eigenvalue weighted by Gasteiger charge is -2.21. The number of alkyl halides is 3. The van der Waals surface area contributed by atoms with Crippen LogP contribution >= 0.6 is 0 Å². The van der Waals surface area contributed by atoms with Gasteiger partial charge >= 0.3 is 12.1 Å². The Bertz CT molecular complexity index is 1090. The summed E-state index contributed by atoms with van der Waals surface area (Å²) in [7, 11) is 0. The monoisotopic (exact) mass is 504 g/mol. The average molecular weight is 505 g/mol. The molecule has 2 aromatic rings. The van der Waals surface area contributed by atoms with E-state index in [9.17, 15) is 27.9 Å². The lowest BCUT2D eigenvalue weighted by molar-refractivity contribution is -0.139. The van der Waals surface area contributed by atoms with Gasteiger partial charge in [0.2, 0.25) is 0 Å². The number of fused-ring (bicyclic) bond motifs is 1. The number of hydrogen-bond acceptors (Lipinski definition) is 5. The van der Waals surface area contributed by atoms with Crippen molar-refractivity contribution in [1.82, 2.24) is 15.2 Å². The minimum atomic E-state index is -4.71. The number of carboxylic acids is 1. The lowest BCUT2D eigenvalue weighted by atomic mass is 10.00. The number of likely N-dealkylation sites (tertiary alicyclic amines) is 1. The smallest absolute Gasteiger partial charge is 0.417 e. The molecule has 0 radical (unpaired) electrons. The third-order valence-corrected chi connectivity index (χ3v) is 6.95. The zero-order valence-corrected chi connectivity index (χ0v) is 20.0. The molecule has 0 saturated carbocycles. The zero-order valence-electron chi connectivity index (χ0n) is 20.0. The third kappa shape index (κ3) is 6.54. The highest BCUT2D eigenvalue weighted by Crippen LogP contribution is 2.32. The Morgan fingerprint density at radius 1 is 1.22 bits per heavy atom. The number of benzene rings is 1. The number of nitrogens with one attached hydrogen (secondary N) is 2. The number of anilines is 1. The van der Waals surface area contributed by atoms with Crippen LogP contribution in [0.1, 0.15) is 52.9 Å². The third-order valence-electron chi connectivity index (χ3n) is 6.95. The summed E-state index contributed by atoms with van der Waals surface area (Å²) < 4.78 is 39.7. The molecule has 36 heavy (non-hydrogen) atoms. The van der Waals surface area contributed by atoms with Crippen molar-refractivity contribution in [2.45, 2.75) is 50.7 Å². The van der Waals surface area contributed by atoms with Gasteiger partial charge in [0.25, 0.3) is 5.91 Å². The molecule has 194 valence electrons. The van der Waals surface area contributed by atoms with E-state index in [0.29, 0.717) is 12.5 Å². The summed E-state index contributed by atoms with van der Waals surface area (Å²) in [5.74, 6) is -0.851. The van der Waals surface area contributed by atoms with Crippen LogP contribution in [0.2, 0.25) is 0 Å².